The summed E-state index contributed by atoms with van der Waals surface area (Å²) in [6.07, 6.45) is 1.58. The molecule has 0 spiro atoms. The summed E-state index contributed by atoms with van der Waals surface area (Å²) in [5.74, 6) is 1.37. The molecule has 2 aromatic heterocycles. The van der Waals surface area contributed by atoms with Crippen LogP contribution in [0.5, 0.6) is 0 Å². The van der Waals surface area contributed by atoms with Crippen LogP contribution in [0.25, 0.3) is 5.69 Å². The molecule has 0 saturated heterocycles. The number of rotatable bonds is 5. The van der Waals surface area contributed by atoms with Crippen LogP contribution in [0.2, 0.25) is 5.02 Å². The third kappa shape index (κ3) is 3.43. The standard InChI is InChI=1S/C18H16Cl2N4O/c1-11(2)18-23-22-16(10-19)24(18)15-7-6-12(20)9-13(15)17(25)14-5-3-4-8-21-14/h3-9,11H,10H2,1-2H3. The second kappa shape index (κ2) is 7.33. The molecule has 128 valence electrons. The van der Waals surface area contributed by atoms with Gasteiger partial charge in [0.05, 0.1) is 11.6 Å². The molecule has 0 N–H and O–H groups in total. The van der Waals surface area contributed by atoms with Crippen molar-refractivity contribution in [3.63, 3.8) is 0 Å². The van der Waals surface area contributed by atoms with E-state index in [1.165, 1.54) is 0 Å². The van der Waals surface area contributed by atoms with E-state index in [0.717, 1.165) is 5.82 Å². The van der Waals surface area contributed by atoms with Gasteiger partial charge in [-0.25, -0.2) is 0 Å². The van der Waals surface area contributed by atoms with Gasteiger partial charge in [0.25, 0.3) is 0 Å². The molecule has 0 amide bonds. The summed E-state index contributed by atoms with van der Waals surface area (Å²) in [7, 11) is 0. The van der Waals surface area contributed by atoms with Gasteiger partial charge in [0, 0.05) is 22.7 Å². The topological polar surface area (TPSA) is 60.7 Å². The first-order valence-corrected chi connectivity index (χ1v) is 8.70. The Bertz CT molecular complexity index is 907. The van der Waals surface area contributed by atoms with Crippen LogP contribution in [0, 0.1) is 0 Å². The van der Waals surface area contributed by atoms with Gasteiger partial charge in [-0.05, 0) is 30.3 Å². The van der Waals surface area contributed by atoms with Crippen molar-refractivity contribution < 1.29 is 4.79 Å². The molecule has 0 aliphatic carbocycles. The van der Waals surface area contributed by atoms with Gasteiger partial charge >= 0.3 is 0 Å². The highest BCUT2D eigenvalue weighted by Gasteiger charge is 2.22. The Morgan fingerprint density at radius 3 is 2.64 bits per heavy atom. The lowest BCUT2D eigenvalue weighted by Gasteiger charge is -2.15. The van der Waals surface area contributed by atoms with Crippen molar-refractivity contribution in [3.05, 3.63) is 70.5 Å². The molecule has 2 heterocycles. The zero-order valence-corrected chi connectivity index (χ0v) is 15.3. The summed E-state index contributed by atoms with van der Waals surface area (Å²) in [6.45, 7) is 4.02. The zero-order valence-electron chi connectivity index (χ0n) is 13.8. The molecule has 0 saturated carbocycles. The summed E-state index contributed by atoms with van der Waals surface area (Å²) in [5, 5.41) is 8.84. The Morgan fingerprint density at radius 2 is 2.00 bits per heavy atom. The van der Waals surface area contributed by atoms with Gasteiger partial charge in [0.2, 0.25) is 5.78 Å². The lowest BCUT2D eigenvalue weighted by atomic mass is 10.0. The van der Waals surface area contributed by atoms with Crippen molar-refractivity contribution in [2.75, 3.05) is 0 Å². The van der Waals surface area contributed by atoms with E-state index in [1.54, 1.807) is 42.6 Å². The lowest BCUT2D eigenvalue weighted by molar-refractivity contribution is 0.103. The molecule has 5 nitrogen and oxygen atoms in total. The highest BCUT2D eigenvalue weighted by Crippen LogP contribution is 2.27. The number of halogens is 2. The Hall–Kier alpha value is -2.24. The quantitative estimate of drug-likeness (QED) is 0.490. The summed E-state index contributed by atoms with van der Waals surface area (Å²) in [4.78, 5) is 17.1. The minimum Gasteiger partial charge on any atom is -0.287 e. The molecule has 0 aliphatic rings. The molecular formula is C18H16Cl2N4O. The van der Waals surface area contributed by atoms with Gasteiger partial charge in [0.15, 0.2) is 5.82 Å². The predicted molar refractivity (Wildman–Crippen MR) is 97.7 cm³/mol. The monoisotopic (exact) mass is 374 g/mol. The fourth-order valence-electron chi connectivity index (χ4n) is 2.57. The second-order valence-electron chi connectivity index (χ2n) is 5.80. The van der Waals surface area contributed by atoms with Crippen molar-refractivity contribution >= 4 is 29.0 Å². The van der Waals surface area contributed by atoms with Crippen LogP contribution < -0.4 is 0 Å². The lowest BCUT2D eigenvalue weighted by Crippen LogP contribution is -2.13. The Kier molecular flexibility index (Phi) is 5.16. The number of nitrogens with zero attached hydrogens (tertiary/aromatic N) is 4. The normalized spacial score (nSPS) is 11.1. The van der Waals surface area contributed by atoms with E-state index in [4.69, 9.17) is 23.2 Å². The van der Waals surface area contributed by atoms with Crippen LogP contribution in [-0.2, 0) is 5.88 Å². The van der Waals surface area contributed by atoms with Crippen LogP contribution in [0.4, 0.5) is 0 Å². The maximum absolute atomic E-state index is 13.0. The number of carbonyl (C=O) groups excluding carboxylic acids is 1. The van der Waals surface area contributed by atoms with E-state index < -0.39 is 0 Å². The summed E-state index contributed by atoms with van der Waals surface area (Å²) in [5.41, 5.74) is 1.42. The molecule has 25 heavy (non-hydrogen) atoms. The van der Waals surface area contributed by atoms with E-state index >= 15 is 0 Å². The predicted octanol–water partition coefficient (Wildman–Crippen LogP) is 4.41. The van der Waals surface area contributed by atoms with Crippen molar-refractivity contribution in [3.8, 4) is 5.69 Å². The highest BCUT2D eigenvalue weighted by atomic mass is 35.5. The molecule has 7 heteroatoms. The molecule has 0 bridgehead atoms. The highest BCUT2D eigenvalue weighted by molar-refractivity contribution is 6.31. The molecule has 0 aliphatic heterocycles. The molecule has 3 aromatic rings. The van der Waals surface area contributed by atoms with E-state index in [1.807, 2.05) is 18.4 Å². The Balaban J connectivity index is 2.23. The third-order valence-corrected chi connectivity index (χ3v) is 4.21. The van der Waals surface area contributed by atoms with E-state index in [-0.39, 0.29) is 17.6 Å². The second-order valence-corrected chi connectivity index (χ2v) is 6.51. The number of alkyl halides is 1. The van der Waals surface area contributed by atoms with Crippen LogP contribution in [0.3, 0.4) is 0 Å². The van der Waals surface area contributed by atoms with Crippen LogP contribution in [-0.4, -0.2) is 25.5 Å². The van der Waals surface area contributed by atoms with Gasteiger partial charge in [0.1, 0.15) is 11.5 Å². The van der Waals surface area contributed by atoms with Crippen LogP contribution in [0.1, 0.15) is 47.5 Å². The Morgan fingerprint density at radius 1 is 1.20 bits per heavy atom. The minimum absolute atomic E-state index is 0.109. The maximum atomic E-state index is 13.0. The SMILES string of the molecule is CC(C)c1nnc(CCl)n1-c1ccc(Cl)cc1C(=O)c1ccccn1. The molecule has 3 rings (SSSR count). The van der Waals surface area contributed by atoms with Crippen molar-refractivity contribution in [2.45, 2.75) is 25.6 Å². The molecule has 0 radical (unpaired) electrons. The van der Waals surface area contributed by atoms with Crippen molar-refractivity contribution in [2.24, 2.45) is 0 Å². The molecule has 0 unspecified atom stereocenters. The van der Waals surface area contributed by atoms with Crippen LogP contribution >= 0.6 is 23.2 Å². The number of ketones is 1. The molecule has 0 atom stereocenters. The largest absolute Gasteiger partial charge is 0.287 e. The summed E-state index contributed by atoms with van der Waals surface area (Å²) >= 11 is 12.2. The first-order valence-electron chi connectivity index (χ1n) is 7.78. The number of pyridine rings is 1. The fraction of sp³-hybridized carbons (Fsp3) is 0.222. The average Bonchev–Trinajstić information content (AvgIpc) is 3.06. The van der Waals surface area contributed by atoms with Gasteiger partial charge in [-0.3, -0.25) is 14.3 Å². The zero-order chi connectivity index (χ0) is 18.0. The fourth-order valence-corrected chi connectivity index (χ4v) is 2.92. The van der Waals surface area contributed by atoms with Gasteiger partial charge in [-0.15, -0.1) is 21.8 Å². The number of hydrogen-bond acceptors (Lipinski definition) is 4. The van der Waals surface area contributed by atoms with Gasteiger partial charge in [-0.2, -0.15) is 0 Å². The van der Waals surface area contributed by atoms with Gasteiger partial charge < -0.3 is 0 Å². The number of hydrogen-bond donors (Lipinski definition) is 0. The Labute approximate surface area is 155 Å². The van der Waals surface area contributed by atoms with E-state index in [0.29, 0.717) is 27.8 Å². The first-order chi connectivity index (χ1) is 12.0. The smallest absolute Gasteiger partial charge is 0.213 e. The molecule has 0 fully saturated rings. The first kappa shape index (κ1) is 17.6. The van der Waals surface area contributed by atoms with Crippen LogP contribution in [0.15, 0.2) is 42.6 Å². The van der Waals surface area contributed by atoms with Gasteiger partial charge in [-0.1, -0.05) is 31.5 Å². The summed E-state index contributed by atoms with van der Waals surface area (Å²) < 4.78 is 1.82. The molecular weight excluding hydrogens is 359 g/mol. The van der Waals surface area contributed by atoms with Crippen molar-refractivity contribution in [1.29, 1.82) is 0 Å². The third-order valence-electron chi connectivity index (χ3n) is 3.73. The minimum atomic E-state index is -0.220. The maximum Gasteiger partial charge on any atom is 0.213 e. The number of aromatic nitrogens is 4. The number of carbonyl (C=O) groups is 1. The van der Waals surface area contributed by atoms with Crippen molar-refractivity contribution in [1.82, 2.24) is 19.7 Å². The molecule has 1 aromatic carbocycles. The summed E-state index contributed by atoms with van der Waals surface area (Å²) in [6, 6.07) is 10.4. The average molecular weight is 375 g/mol. The number of benzene rings is 1. The van der Waals surface area contributed by atoms with E-state index in [2.05, 4.69) is 15.2 Å². The van der Waals surface area contributed by atoms with E-state index in [9.17, 15) is 4.79 Å².